The molecule has 0 radical (unpaired) electrons. The van der Waals surface area contributed by atoms with Gasteiger partial charge < -0.3 is 30.8 Å². The van der Waals surface area contributed by atoms with Gasteiger partial charge in [0.15, 0.2) is 0 Å². The number of anilines is 4. The van der Waals surface area contributed by atoms with Crippen LogP contribution in [0, 0.1) is 5.82 Å². The Hall–Kier alpha value is -4.11. The van der Waals surface area contributed by atoms with Crippen molar-refractivity contribution in [3.05, 3.63) is 60.7 Å². The first kappa shape index (κ1) is 21.7. The number of benzene rings is 2. The third-order valence-corrected chi connectivity index (χ3v) is 5.90. The first-order valence-electron chi connectivity index (χ1n) is 11.0. The highest BCUT2D eigenvalue weighted by molar-refractivity contribution is 6.02. The fourth-order valence-corrected chi connectivity index (χ4v) is 4.11. The van der Waals surface area contributed by atoms with Crippen molar-refractivity contribution in [2.24, 2.45) is 0 Å². The van der Waals surface area contributed by atoms with E-state index in [4.69, 9.17) is 10.7 Å². The lowest BCUT2D eigenvalue weighted by molar-refractivity contribution is 0.416. The molecule has 3 heterocycles. The molecule has 0 aliphatic carbocycles. The maximum Gasteiger partial charge on any atom is 0.229 e. The number of aromatic amines is 2. The van der Waals surface area contributed by atoms with Crippen LogP contribution < -0.4 is 16.0 Å². The molecule has 0 bridgehead atoms. The van der Waals surface area contributed by atoms with Crippen LogP contribution in [-0.2, 0) is 0 Å². The highest BCUT2D eigenvalue weighted by Crippen LogP contribution is 2.34. The molecule has 0 spiro atoms. The smallest absolute Gasteiger partial charge is 0.229 e. The highest BCUT2D eigenvalue weighted by atomic mass is 19.1. The molecule has 0 aliphatic rings. The summed E-state index contributed by atoms with van der Waals surface area (Å²) < 4.78 is 14.7. The predicted molar refractivity (Wildman–Crippen MR) is 137 cm³/mol. The highest BCUT2D eigenvalue weighted by Gasteiger charge is 2.17. The monoisotopic (exact) mass is 458 g/mol. The van der Waals surface area contributed by atoms with Gasteiger partial charge in [-0.05, 0) is 50.5 Å². The van der Waals surface area contributed by atoms with Gasteiger partial charge in [0.2, 0.25) is 5.95 Å². The minimum Gasteiger partial charge on any atom is -0.397 e. The van der Waals surface area contributed by atoms with E-state index in [9.17, 15) is 4.39 Å². The summed E-state index contributed by atoms with van der Waals surface area (Å²) in [5.74, 6) is 0.0936. The number of halogens is 1. The predicted octanol–water partition coefficient (Wildman–Crippen LogP) is 4.57. The van der Waals surface area contributed by atoms with Gasteiger partial charge in [0.1, 0.15) is 11.5 Å². The van der Waals surface area contributed by atoms with E-state index < -0.39 is 0 Å². The number of rotatable bonds is 7. The van der Waals surface area contributed by atoms with Crippen molar-refractivity contribution in [1.29, 1.82) is 0 Å². The Kier molecular flexibility index (Phi) is 5.54. The molecule has 174 valence electrons. The van der Waals surface area contributed by atoms with E-state index in [0.717, 1.165) is 29.9 Å². The van der Waals surface area contributed by atoms with Crippen molar-refractivity contribution in [3.63, 3.8) is 0 Å². The zero-order valence-corrected chi connectivity index (χ0v) is 19.4. The number of H-pyrrole nitrogens is 2. The van der Waals surface area contributed by atoms with Crippen LogP contribution in [0.15, 0.2) is 54.9 Å². The van der Waals surface area contributed by atoms with E-state index in [0.29, 0.717) is 39.4 Å². The first-order valence-corrected chi connectivity index (χ1v) is 11.0. The summed E-state index contributed by atoms with van der Waals surface area (Å²) in [5, 5.41) is 4.57. The maximum absolute atomic E-state index is 14.7. The van der Waals surface area contributed by atoms with Crippen LogP contribution in [-0.4, -0.2) is 59.1 Å². The minimum atomic E-state index is -0.299. The van der Waals surface area contributed by atoms with Crippen molar-refractivity contribution >= 4 is 44.9 Å². The summed E-state index contributed by atoms with van der Waals surface area (Å²) in [4.78, 5) is 19.9. The summed E-state index contributed by atoms with van der Waals surface area (Å²) >= 11 is 0. The summed E-state index contributed by atoms with van der Waals surface area (Å²) in [5.41, 5.74) is 11.4. The van der Waals surface area contributed by atoms with Crippen LogP contribution in [0.25, 0.3) is 33.2 Å². The quantitative estimate of drug-likeness (QED) is 0.267. The van der Waals surface area contributed by atoms with Gasteiger partial charge in [-0.25, -0.2) is 9.37 Å². The molecule has 2 aromatic carbocycles. The largest absolute Gasteiger partial charge is 0.397 e. The molecule has 0 atom stereocenters. The molecular formula is C25H27FN8. The summed E-state index contributed by atoms with van der Waals surface area (Å²) in [6.45, 7) is 1.79. The number of nitrogens with one attached hydrogen (secondary N) is 3. The molecule has 0 aliphatic heterocycles. The second-order valence-electron chi connectivity index (χ2n) is 8.62. The summed E-state index contributed by atoms with van der Waals surface area (Å²) in [7, 11) is 6.12. The molecule has 0 amide bonds. The second kappa shape index (κ2) is 8.68. The standard InChI is InChI=1S/C25H27FN8/c1-33(2)11-12-34(3)21-8-7-15(13-19(21)27)30-25-31-23(16-9-10-28-24(16)32-25)17-14-29-20-6-4-5-18(26)22(17)20/h4-10,13-14,29H,11-12,27H2,1-3H3,(H2,28,30,31,32). The number of nitrogen functional groups attached to an aromatic ring is 1. The average molecular weight is 459 g/mol. The van der Waals surface area contributed by atoms with Gasteiger partial charge in [-0.15, -0.1) is 0 Å². The first-order chi connectivity index (χ1) is 16.4. The number of hydrogen-bond acceptors (Lipinski definition) is 6. The van der Waals surface area contributed by atoms with Crippen molar-refractivity contribution in [2.45, 2.75) is 0 Å². The van der Waals surface area contributed by atoms with E-state index >= 15 is 0 Å². The maximum atomic E-state index is 14.7. The Bertz CT molecular complexity index is 1470. The van der Waals surface area contributed by atoms with E-state index in [1.807, 2.05) is 51.5 Å². The van der Waals surface area contributed by atoms with Crippen LogP contribution in [0.4, 0.5) is 27.4 Å². The lowest BCUT2D eigenvalue weighted by Crippen LogP contribution is -2.28. The number of nitrogens with zero attached hydrogens (tertiary/aromatic N) is 4. The Balaban J connectivity index is 1.49. The number of likely N-dealkylation sites (N-methyl/N-ethyl adjacent to an activating group) is 2. The molecule has 8 nitrogen and oxygen atoms in total. The molecule has 0 saturated heterocycles. The average Bonchev–Trinajstić information content (AvgIpc) is 3.45. The molecule has 5 rings (SSSR count). The lowest BCUT2D eigenvalue weighted by Gasteiger charge is -2.23. The Labute approximate surface area is 196 Å². The second-order valence-corrected chi connectivity index (χ2v) is 8.62. The van der Waals surface area contributed by atoms with E-state index in [-0.39, 0.29) is 5.82 Å². The minimum absolute atomic E-state index is 0.299. The van der Waals surface area contributed by atoms with Gasteiger partial charge in [-0.1, -0.05) is 6.07 Å². The number of nitrogens with two attached hydrogens (primary N) is 1. The molecule has 3 aromatic heterocycles. The molecule has 0 unspecified atom stereocenters. The molecular weight excluding hydrogens is 431 g/mol. The van der Waals surface area contributed by atoms with Crippen LogP contribution in [0.2, 0.25) is 0 Å². The SMILES string of the molecule is CN(C)CCN(C)c1ccc(Nc2nc(-c3c[nH]c4cccc(F)c34)c3cc[nH]c3n2)cc1N. The van der Waals surface area contributed by atoms with Crippen LogP contribution in [0.1, 0.15) is 0 Å². The van der Waals surface area contributed by atoms with Crippen molar-refractivity contribution in [2.75, 3.05) is 50.2 Å². The zero-order chi connectivity index (χ0) is 23.8. The van der Waals surface area contributed by atoms with Gasteiger partial charge in [0.25, 0.3) is 0 Å². The van der Waals surface area contributed by atoms with E-state index in [1.165, 1.54) is 6.07 Å². The van der Waals surface area contributed by atoms with E-state index in [1.54, 1.807) is 18.5 Å². The molecule has 9 heteroatoms. The van der Waals surface area contributed by atoms with Crippen LogP contribution in [0.3, 0.4) is 0 Å². The topological polar surface area (TPSA) is 102 Å². The third kappa shape index (κ3) is 4.01. The summed E-state index contributed by atoms with van der Waals surface area (Å²) in [6, 6.07) is 12.7. The van der Waals surface area contributed by atoms with Gasteiger partial charge in [-0.3, -0.25) is 0 Å². The summed E-state index contributed by atoms with van der Waals surface area (Å²) in [6.07, 6.45) is 3.58. The van der Waals surface area contributed by atoms with Gasteiger partial charge in [0, 0.05) is 60.1 Å². The van der Waals surface area contributed by atoms with Crippen LogP contribution in [0.5, 0.6) is 0 Å². The normalized spacial score (nSPS) is 11.6. The number of fused-ring (bicyclic) bond motifs is 2. The van der Waals surface area contributed by atoms with Gasteiger partial charge in [0.05, 0.1) is 17.1 Å². The number of aromatic nitrogens is 4. The molecule has 5 aromatic rings. The van der Waals surface area contributed by atoms with Gasteiger partial charge in [-0.2, -0.15) is 4.98 Å². The third-order valence-electron chi connectivity index (χ3n) is 5.90. The van der Waals surface area contributed by atoms with Crippen molar-refractivity contribution in [1.82, 2.24) is 24.8 Å². The van der Waals surface area contributed by atoms with E-state index in [2.05, 4.69) is 30.1 Å². The lowest BCUT2D eigenvalue weighted by atomic mass is 10.1. The molecule has 34 heavy (non-hydrogen) atoms. The fraction of sp³-hybridized carbons (Fsp3) is 0.200. The molecule has 0 saturated carbocycles. The van der Waals surface area contributed by atoms with Crippen molar-refractivity contribution in [3.8, 4) is 11.3 Å². The number of hydrogen-bond donors (Lipinski definition) is 4. The molecule has 0 fully saturated rings. The molecule has 5 N–H and O–H groups in total. The van der Waals surface area contributed by atoms with Crippen LogP contribution >= 0.6 is 0 Å². The Morgan fingerprint density at radius 1 is 1.03 bits per heavy atom. The zero-order valence-electron chi connectivity index (χ0n) is 19.4. The Morgan fingerprint density at radius 3 is 2.68 bits per heavy atom. The van der Waals surface area contributed by atoms with Gasteiger partial charge >= 0.3 is 0 Å². The fourth-order valence-electron chi connectivity index (χ4n) is 4.11. The van der Waals surface area contributed by atoms with Crippen molar-refractivity contribution < 1.29 is 4.39 Å². The Morgan fingerprint density at radius 2 is 1.88 bits per heavy atom.